The number of carbonyl (C=O) groups excluding carboxylic acids is 2. The van der Waals surface area contributed by atoms with E-state index in [1.54, 1.807) is 17.5 Å². The molecule has 0 aliphatic carbocycles. The lowest BCUT2D eigenvalue weighted by Crippen LogP contribution is -2.27. The predicted molar refractivity (Wildman–Crippen MR) is 103 cm³/mol. The number of hydrogen-bond donors (Lipinski definition) is 2. The van der Waals surface area contributed by atoms with Crippen LogP contribution in [0.3, 0.4) is 0 Å². The lowest BCUT2D eigenvalue weighted by molar-refractivity contribution is -0.116. The second-order valence-corrected chi connectivity index (χ2v) is 7.14. The van der Waals surface area contributed by atoms with Crippen LogP contribution in [0, 0.1) is 0 Å². The average molecular weight is 378 g/mol. The number of carbonyl (C=O) groups is 2. The van der Waals surface area contributed by atoms with Crippen molar-refractivity contribution in [3.05, 3.63) is 45.6 Å². The zero-order valence-electron chi connectivity index (χ0n) is 13.8. The van der Waals surface area contributed by atoms with Gasteiger partial charge >= 0.3 is 0 Å². The van der Waals surface area contributed by atoms with Gasteiger partial charge in [-0.15, -0.1) is 0 Å². The van der Waals surface area contributed by atoms with Crippen molar-refractivity contribution in [2.45, 2.75) is 19.3 Å². The Bertz CT molecular complexity index is 743. The minimum atomic E-state index is -0.158. The molecule has 5 nitrogen and oxygen atoms in total. The monoisotopic (exact) mass is 377 g/mol. The number of hydrogen-bond acceptors (Lipinski definition) is 4. The van der Waals surface area contributed by atoms with E-state index in [0.717, 1.165) is 37.3 Å². The second kappa shape index (κ2) is 8.36. The number of amides is 2. The first-order chi connectivity index (χ1) is 12.1. The van der Waals surface area contributed by atoms with E-state index in [1.807, 2.05) is 17.5 Å². The maximum absolute atomic E-state index is 12.2. The number of nitrogens with one attached hydrogen (secondary N) is 2. The number of thiophene rings is 1. The van der Waals surface area contributed by atoms with Crippen molar-refractivity contribution in [3.63, 3.8) is 0 Å². The molecule has 2 aromatic rings. The number of benzene rings is 1. The maximum atomic E-state index is 12.2. The third-order valence-electron chi connectivity index (χ3n) is 4.10. The molecule has 0 spiro atoms. The fraction of sp³-hybridized carbons (Fsp3) is 0.333. The van der Waals surface area contributed by atoms with Gasteiger partial charge in [0.1, 0.15) is 0 Å². The normalized spacial score (nSPS) is 13.7. The molecule has 7 heteroatoms. The molecular weight excluding hydrogens is 358 g/mol. The maximum Gasteiger partial charge on any atom is 0.252 e. The van der Waals surface area contributed by atoms with Crippen LogP contribution >= 0.6 is 22.9 Å². The standard InChI is InChI=1S/C18H20ClN3O2S/c19-14-3-4-16(22-8-1-2-9-22)15(11-14)21-17(23)5-7-20-18(24)13-6-10-25-12-13/h3-4,6,10-12H,1-2,5,7-9H2,(H,20,24)(H,21,23). The summed E-state index contributed by atoms with van der Waals surface area (Å²) < 4.78 is 0. The summed E-state index contributed by atoms with van der Waals surface area (Å²) in [7, 11) is 0. The zero-order chi connectivity index (χ0) is 17.6. The Labute approximate surface area is 156 Å². The highest BCUT2D eigenvalue weighted by Crippen LogP contribution is 2.31. The SMILES string of the molecule is O=C(CCNC(=O)c1ccsc1)Nc1cc(Cl)ccc1N1CCCC1. The molecule has 0 radical (unpaired) electrons. The van der Waals surface area contributed by atoms with Crippen LogP contribution in [0.15, 0.2) is 35.0 Å². The minimum Gasteiger partial charge on any atom is -0.370 e. The van der Waals surface area contributed by atoms with Gasteiger partial charge in [-0.25, -0.2) is 0 Å². The van der Waals surface area contributed by atoms with Crippen molar-refractivity contribution in [2.24, 2.45) is 0 Å². The van der Waals surface area contributed by atoms with Gasteiger partial charge in [-0.1, -0.05) is 11.6 Å². The van der Waals surface area contributed by atoms with Crippen LogP contribution in [0.4, 0.5) is 11.4 Å². The number of halogens is 1. The average Bonchev–Trinajstić information content (AvgIpc) is 3.29. The van der Waals surface area contributed by atoms with Gasteiger partial charge in [-0.05, 0) is 42.5 Å². The predicted octanol–water partition coefficient (Wildman–Crippen LogP) is 3.76. The number of anilines is 2. The molecule has 1 aromatic carbocycles. The molecule has 25 heavy (non-hydrogen) atoms. The number of nitrogens with zero attached hydrogens (tertiary/aromatic N) is 1. The molecular formula is C18H20ClN3O2S. The van der Waals surface area contributed by atoms with Crippen LogP contribution in [0.2, 0.25) is 5.02 Å². The van der Waals surface area contributed by atoms with Crippen molar-refractivity contribution in [2.75, 3.05) is 29.9 Å². The highest BCUT2D eigenvalue weighted by atomic mass is 35.5. The first-order valence-electron chi connectivity index (χ1n) is 8.28. The first-order valence-corrected chi connectivity index (χ1v) is 9.60. The van der Waals surface area contributed by atoms with E-state index in [2.05, 4.69) is 15.5 Å². The fourth-order valence-electron chi connectivity index (χ4n) is 2.84. The quantitative estimate of drug-likeness (QED) is 0.805. The lowest BCUT2D eigenvalue weighted by Gasteiger charge is -2.22. The summed E-state index contributed by atoms with van der Waals surface area (Å²) in [6.45, 7) is 2.27. The summed E-state index contributed by atoms with van der Waals surface area (Å²) in [5.74, 6) is -0.303. The van der Waals surface area contributed by atoms with Gasteiger partial charge in [0.15, 0.2) is 0 Å². The Morgan fingerprint density at radius 1 is 1.20 bits per heavy atom. The highest BCUT2D eigenvalue weighted by Gasteiger charge is 2.17. The largest absolute Gasteiger partial charge is 0.370 e. The Balaban J connectivity index is 1.55. The molecule has 1 aliphatic heterocycles. The van der Waals surface area contributed by atoms with Crippen molar-refractivity contribution in [3.8, 4) is 0 Å². The van der Waals surface area contributed by atoms with Crippen LogP contribution in [0.5, 0.6) is 0 Å². The van der Waals surface area contributed by atoms with Crippen LogP contribution in [-0.2, 0) is 4.79 Å². The second-order valence-electron chi connectivity index (χ2n) is 5.92. The number of rotatable bonds is 6. The molecule has 1 fully saturated rings. The molecule has 0 saturated carbocycles. The smallest absolute Gasteiger partial charge is 0.252 e. The third-order valence-corrected chi connectivity index (χ3v) is 5.02. The van der Waals surface area contributed by atoms with E-state index >= 15 is 0 Å². The van der Waals surface area contributed by atoms with Gasteiger partial charge < -0.3 is 15.5 Å². The van der Waals surface area contributed by atoms with Crippen molar-refractivity contribution >= 4 is 46.1 Å². The Hall–Kier alpha value is -2.05. The molecule has 132 valence electrons. The van der Waals surface area contributed by atoms with Crippen molar-refractivity contribution in [1.29, 1.82) is 0 Å². The Morgan fingerprint density at radius 3 is 2.72 bits per heavy atom. The molecule has 1 aromatic heterocycles. The minimum absolute atomic E-state index is 0.145. The molecule has 0 atom stereocenters. The molecule has 0 bridgehead atoms. The van der Waals surface area contributed by atoms with Crippen LogP contribution in [0.1, 0.15) is 29.6 Å². The topological polar surface area (TPSA) is 61.4 Å². The van der Waals surface area contributed by atoms with Crippen molar-refractivity contribution in [1.82, 2.24) is 5.32 Å². The van der Waals surface area contributed by atoms with E-state index in [1.165, 1.54) is 11.3 Å². The molecule has 2 N–H and O–H groups in total. The van der Waals surface area contributed by atoms with E-state index in [0.29, 0.717) is 17.1 Å². The summed E-state index contributed by atoms with van der Waals surface area (Å²) in [5.41, 5.74) is 2.35. The van der Waals surface area contributed by atoms with Crippen LogP contribution < -0.4 is 15.5 Å². The molecule has 1 saturated heterocycles. The van der Waals surface area contributed by atoms with Gasteiger partial charge in [0.25, 0.3) is 5.91 Å². The zero-order valence-corrected chi connectivity index (χ0v) is 15.3. The summed E-state index contributed by atoms with van der Waals surface area (Å²) in [6, 6.07) is 7.32. The van der Waals surface area contributed by atoms with Gasteiger partial charge in [-0.2, -0.15) is 11.3 Å². The summed E-state index contributed by atoms with van der Waals surface area (Å²) in [4.78, 5) is 26.3. The van der Waals surface area contributed by atoms with Gasteiger partial charge in [0.05, 0.1) is 11.4 Å². The molecule has 2 heterocycles. The molecule has 0 unspecified atom stereocenters. The van der Waals surface area contributed by atoms with E-state index < -0.39 is 0 Å². The van der Waals surface area contributed by atoms with E-state index in [4.69, 9.17) is 11.6 Å². The third kappa shape index (κ3) is 4.74. The van der Waals surface area contributed by atoms with E-state index in [9.17, 15) is 9.59 Å². The van der Waals surface area contributed by atoms with Crippen molar-refractivity contribution < 1.29 is 9.59 Å². The molecule has 1 aliphatic rings. The summed E-state index contributed by atoms with van der Waals surface area (Å²) >= 11 is 7.55. The van der Waals surface area contributed by atoms with Gasteiger partial charge in [-0.3, -0.25) is 9.59 Å². The fourth-order valence-corrected chi connectivity index (χ4v) is 3.65. The first kappa shape index (κ1) is 17.8. The summed E-state index contributed by atoms with van der Waals surface area (Å²) in [6.07, 6.45) is 2.52. The molecule has 2 amide bonds. The van der Waals surface area contributed by atoms with E-state index in [-0.39, 0.29) is 18.2 Å². The van der Waals surface area contributed by atoms with Crippen LogP contribution in [-0.4, -0.2) is 31.4 Å². The Kier molecular flexibility index (Phi) is 5.94. The Morgan fingerprint density at radius 2 is 2.00 bits per heavy atom. The summed E-state index contributed by atoms with van der Waals surface area (Å²) in [5, 5.41) is 9.89. The van der Waals surface area contributed by atoms with Gasteiger partial charge in [0, 0.05) is 42.0 Å². The van der Waals surface area contributed by atoms with Crippen LogP contribution in [0.25, 0.3) is 0 Å². The van der Waals surface area contributed by atoms with Gasteiger partial charge in [0.2, 0.25) is 5.91 Å². The highest BCUT2D eigenvalue weighted by molar-refractivity contribution is 7.08. The molecule has 3 rings (SSSR count). The lowest BCUT2D eigenvalue weighted by atomic mass is 10.2.